The van der Waals surface area contributed by atoms with E-state index in [-0.39, 0.29) is 12.5 Å². The maximum Gasteiger partial charge on any atom is 0.325 e. The molecule has 3 aromatic rings. The summed E-state index contributed by atoms with van der Waals surface area (Å²) in [4.78, 5) is 26.1. The normalized spacial score (nSPS) is 10.9. The van der Waals surface area contributed by atoms with E-state index in [9.17, 15) is 9.59 Å². The zero-order valence-electron chi connectivity index (χ0n) is 16.5. The van der Waals surface area contributed by atoms with E-state index in [4.69, 9.17) is 0 Å². The molecule has 0 spiro atoms. The molecule has 3 aromatic carbocycles. The van der Waals surface area contributed by atoms with E-state index in [1.54, 1.807) is 0 Å². The number of carbonyl (C=O) groups excluding carboxylic acids is 2. The summed E-state index contributed by atoms with van der Waals surface area (Å²) in [7, 11) is 1.86. The molecule has 0 saturated heterocycles. The standard InChI is InChI=1S/C23H25N3O2/c1-16-8-11-21(17(2)12-16)24-23(28)25-22(27)15-26(3)14-18-9-10-19-6-4-5-7-20(19)13-18/h4-13H,14-15H2,1-3H3,(H2,24,25,27,28). The van der Waals surface area contributed by atoms with Gasteiger partial charge in [-0.15, -0.1) is 0 Å². The summed E-state index contributed by atoms with van der Waals surface area (Å²) in [6, 6.07) is 19.6. The summed E-state index contributed by atoms with van der Waals surface area (Å²) in [5.41, 5.74) is 3.89. The van der Waals surface area contributed by atoms with Crippen LogP contribution in [0, 0.1) is 13.8 Å². The lowest BCUT2D eigenvalue weighted by Gasteiger charge is -2.17. The van der Waals surface area contributed by atoms with Crippen molar-refractivity contribution in [1.29, 1.82) is 0 Å². The SMILES string of the molecule is Cc1ccc(NC(=O)NC(=O)CN(C)Cc2ccc3ccccc3c2)c(C)c1. The number of rotatable bonds is 5. The van der Waals surface area contributed by atoms with Gasteiger partial charge in [0.25, 0.3) is 0 Å². The summed E-state index contributed by atoms with van der Waals surface area (Å²) in [6.07, 6.45) is 0. The van der Waals surface area contributed by atoms with Crippen molar-refractivity contribution in [3.63, 3.8) is 0 Å². The van der Waals surface area contributed by atoms with Gasteiger partial charge in [0.05, 0.1) is 6.54 Å². The van der Waals surface area contributed by atoms with Crippen molar-refractivity contribution in [2.24, 2.45) is 0 Å². The van der Waals surface area contributed by atoms with Crippen LogP contribution < -0.4 is 10.6 Å². The first kappa shape index (κ1) is 19.6. The maximum atomic E-state index is 12.2. The molecule has 28 heavy (non-hydrogen) atoms. The first-order chi connectivity index (χ1) is 13.4. The minimum absolute atomic E-state index is 0.132. The van der Waals surface area contributed by atoms with Crippen molar-refractivity contribution < 1.29 is 9.59 Å². The third kappa shape index (κ3) is 5.18. The number of carbonyl (C=O) groups is 2. The average molecular weight is 375 g/mol. The predicted molar refractivity (Wildman–Crippen MR) is 113 cm³/mol. The van der Waals surface area contributed by atoms with Gasteiger partial charge in [-0.05, 0) is 54.9 Å². The molecule has 0 aliphatic rings. The highest BCUT2D eigenvalue weighted by atomic mass is 16.2. The van der Waals surface area contributed by atoms with Crippen molar-refractivity contribution >= 4 is 28.4 Å². The number of benzene rings is 3. The predicted octanol–water partition coefficient (Wildman–Crippen LogP) is 4.24. The Hall–Kier alpha value is -3.18. The van der Waals surface area contributed by atoms with Crippen molar-refractivity contribution in [3.05, 3.63) is 77.4 Å². The molecule has 5 nitrogen and oxygen atoms in total. The number of nitrogens with zero attached hydrogens (tertiary/aromatic N) is 1. The van der Waals surface area contributed by atoms with E-state index in [0.29, 0.717) is 12.2 Å². The Morgan fingerprint density at radius 1 is 0.929 bits per heavy atom. The Morgan fingerprint density at radius 3 is 2.43 bits per heavy atom. The summed E-state index contributed by atoms with van der Waals surface area (Å²) in [6.45, 7) is 4.66. The summed E-state index contributed by atoms with van der Waals surface area (Å²) < 4.78 is 0. The third-order valence-corrected chi connectivity index (χ3v) is 4.56. The van der Waals surface area contributed by atoms with Crippen molar-refractivity contribution in [1.82, 2.24) is 10.2 Å². The van der Waals surface area contributed by atoms with Gasteiger partial charge in [0.1, 0.15) is 0 Å². The smallest absolute Gasteiger partial charge is 0.307 e. The number of hydrogen-bond acceptors (Lipinski definition) is 3. The van der Waals surface area contributed by atoms with Crippen LogP contribution in [0.2, 0.25) is 0 Å². The van der Waals surface area contributed by atoms with Crippen LogP contribution in [0.15, 0.2) is 60.7 Å². The first-order valence-corrected chi connectivity index (χ1v) is 9.25. The third-order valence-electron chi connectivity index (χ3n) is 4.56. The topological polar surface area (TPSA) is 61.4 Å². The van der Waals surface area contributed by atoms with Crippen molar-refractivity contribution in [2.45, 2.75) is 20.4 Å². The largest absolute Gasteiger partial charge is 0.325 e. The number of anilines is 1. The molecule has 3 amide bonds. The van der Waals surface area contributed by atoms with Gasteiger partial charge in [-0.3, -0.25) is 15.0 Å². The molecule has 0 saturated carbocycles. The number of nitrogens with one attached hydrogen (secondary N) is 2. The lowest BCUT2D eigenvalue weighted by atomic mass is 10.1. The summed E-state index contributed by atoms with van der Waals surface area (Å²) in [5.74, 6) is -0.342. The fourth-order valence-corrected chi connectivity index (χ4v) is 3.22. The number of amides is 3. The van der Waals surface area contributed by atoms with Crippen LogP contribution in [-0.4, -0.2) is 30.4 Å². The van der Waals surface area contributed by atoms with Gasteiger partial charge >= 0.3 is 6.03 Å². The summed E-state index contributed by atoms with van der Waals surface area (Å²) >= 11 is 0. The first-order valence-electron chi connectivity index (χ1n) is 9.25. The highest BCUT2D eigenvalue weighted by molar-refractivity contribution is 6.02. The number of imide groups is 1. The minimum Gasteiger partial charge on any atom is -0.307 e. The van der Waals surface area contributed by atoms with E-state index >= 15 is 0 Å². The molecule has 0 aliphatic heterocycles. The van der Waals surface area contributed by atoms with Crippen LogP contribution in [0.5, 0.6) is 0 Å². The Balaban J connectivity index is 1.52. The van der Waals surface area contributed by atoms with E-state index in [0.717, 1.165) is 16.7 Å². The number of urea groups is 1. The fraction of sp³-hybridized carbons (Fsp3) is 0.217. The number of fused-ring (bicyclic) bond motifs is 1. The molecule has 144 valence electrons. The number of aryl methyl sites for hydroxylation is 2. The Kier molecular flexibility index (Phi) is 6.06. The molecule has 0 unspecified atom stereocenters. The molecule has 3 rings (SSSR count). The molecular formula is C23H25N3O2. The fourth-order valence-electron chi connectivity index (χ4n) is 3.22. The zero-order chi connectivity index (χ0) is 20.1. The van der Waals surface area contributed by atoms with Crippen molar-refractivity contribution in [2.75, 3.05) is 18.9 Å². The average Bonchev–Trinajstić information content (AvgIpc) is 2.63. The molecule has 0 bridgehead atoms. The highest BCUT2D eigenvalue weighted by Gasteiger charge is 2.12. The highest BCUT2D eigenvalue weighted by Crippen LogP contribution is 2.17. The Morgan fingerprint density at radius 2 is 1.68 bits per heavy atom. The molecule has 5 heteroatoms. The Labute approximate surface area is 165 Å². The lowest BCUT2D eigenvalue weighted by molar-refractivity contribution is -0.120. The quantitative estimate of drug-likeness (QED) is 0.701. The molecule has 0 fully saturated rings. The molecule has 2 N–H and O–H groups in total. The lowest BCUT2D eigenvalue weighted by Crippen LogP contribution is -2.40. The number of hydrogen-bond donors (Lipinski definition) is 2. The maximum absolute atomic E-state index is 12.2. The summed E-state index contributed by atoms with van der Waals surface area (Å²) in [5, 5.41) is 7.47. The van der Waals surface area contributed by atoms with Gasteiger partial charge in [-0.1, -0.05) is 54.1 Å². The van der Waals surface area contributed by atoms with Gasteiger partial charge < -0.3 is 5.32 Å². The minimum atomic E-state index is -0.518. The van der Waals surface area contributed by atoms with Crippen LogP contribution in [0.4, 0.5) is 10.5 Å². The molecule has 0 atom stereocenters. The van der Waals surface area contributed by atoms with E-state index in [1.165, 1.54) is 10.8 Å². The second-order valence-electron chi connectivity index (χ2n) is 7.17. The van der Waals surface area contributed by atoms with E-state index in [1.807, 2.05) is 56.1 Å². The number of likely N-dealkylation sites (N-methyl/N-ethyl adjacent to an activating group) is 1. The molecule has 0 aliphatic carbocycles. The van der Waals surface area contributed by atoms with E-state index in [2.05, 4.69) is 41.0 Å². The van der Waals surface area contributed by atoms with Gasteiger partial charge in [-0.25, -0.2) is 4.79 Å². The van der Waals surface area contributed by atoms with Gasteiger partial charge in [0.2, 0.25) is 5.91 Å². The molecular weight excluding hydrogens is 350 g/mol. The Bertz CT molecular complexity index is 1010. The van der Waals surface area contributed by atoms with Gasteiger partial charge in [0, 0.05) is 12.2 Å². The zero-order valence-corrected chi connectivity index (χ0v) is 16.5. The molecule has 0 radical (unpaired) electrons. The van der Waals surface area contributed by atoms with Crippen LogP contribution >= 0.6 is 0 Å². The van der Waals surface area contributed by atoms with Crippen LogP contribution in [0.3, 0.4) is 0 Å². The second-order valence-corrected chi connectivity index (χ2v) is 7.17. The van der Waals surface area contributed by atoms with Crippen LogP contribution in [0.1, 0.15) is 16.7 Å². The van der Waals surface area contributed by atoms with Crippen LogP contribution in [-0.2, 0) is 11.3 Å². The van der Waals surface area contributed by atoms with Crippen molar-refractivity contribution in [3.8, 4) is 0 Å². The van der Waals surface area contributed by atoms with Crippen LogP contribution in [0.25, 0.3) is 10.8 Å². The van der Waals surface area contributed by atoms with E-state index < -0.39 is 6.03 Å². The van der Waals surface area contributed by atoms with Gasteiger partial charge in [0.15, 0.2) is 0 Å². The monoisotopic (exact) mass is 375 g/mol. The molecule has 0 heterocycles. The molecule has 0 aromatic heterocycles. The second kappa shape index (κ2) is 8.67. The van der Waals surface area contributed by atoms with Gasteiger partial charge in [-0.2, -0.15) is 0 Å².